The van der Waals surface area contributed by atoms with Crippen LogP contribution in [0.4, 0.5) is 5.95 Å². The van der Waals surface area contributed by atoms with Crippen molar-refractivity contribution in [1.82, 2.24) is 25.1 Å². The van der Waals surface area contributed by atoms with Crippen LogP contribution in [0.1, 0.15) is 19.8 Å². The summed E-state index contributed by atoms with van der Waals surface area (Å²) in [6, 6.07) is 8.26. The first-order valence-corrected chi connectivity index (χ1v) is 8.62. The maximum absolute atomic E-state index is 9.84. The Morgan fingerprint density at radius 2 is 2.15 bits per heavy atom. The number of nitrogens with zero attached hydrogens (tertiary/aromatic N) is 4. The zero-order valence-electron chi connectivity index (χ0n) is 14.3. The molecule has 0 spiro atoms. The lowest BCUT2D eigenvalue weighted by atomic mass is 9.77. The van der Waals surface area contributed by atoms with Crippen LogP contribution in [0, 0.1) is 0 Å². The molecule has 0 unspecified atom stereocenters. The second kappa shape index (κ2) is 5.47. The van der Waals surface area contributed by atoms with Gasteiger partial charge in [-0.15, -0.1) is 0 Å². The van der Waals surface area contributed by atoms with Crippen molar-refractivity contribution < 1.29 is 5.11 Å². The van der Waals surface area contributed by atoms with Crippen molar-refractivity contribution in [1.29, 1.82) is 0 Å². The lowest BCUT2D eigenvalue weighted by Crippen LogP contribution is -2.48. The first-order chi connectivity index (χ1) is 12.6. The largest absolute Gasteiger partial charge is 0.390 e. The molecule has 1 saturated carbocycles. The molecule has 1 fully saturated rings. The third-order valence-electron chi connectivity index (χ3n) is 4.96. The van der Waals surface area contributed by atoms with E-state index in [0.717, 1.165) is 33.1 Å². The van der Waals surface area contributed by atoms with Gasteiger partial charge in [0.2, 0.25) is 5.95 Å². The molecule has 26 heavy (non-hydrogen) atoms. The Balaban J connectivity index is 1.47. The van der Waals surface area contributed by atoms with Crippen molar-refractivity contribution in [3.63, 3.8) is 0 Å². The number of hydrogen-bond donors (Lipinski definition) is 3. The van der Waals surface area contributed by atoms with Crippen molar-refractivity contribution in [2.45, 2.75) is 31.4 Å². The number of hydrogen-bond acceptors (Lipinski definition) is 6. The van der Waals surface area contributed by atoms with Gasteiger partial charge < -0.3 is 15.4 Å². The van der Waals surface area contributed by atoms with Crippen LogP contribution in [0.5, 0.6) is 0 Å². The number of nitrogens with one attached hydrogen (secondary N) is 2. The zero-order chi connectivity index (χ0) is 17.7. The highest BCUT2D eigenvalue weighted by molar-refractivity contribution is 5.96. The fourth-order valence-corrected chi connectivity index (χ4v) is 3.66. The third-order valence-corrected chi connectivity index (χ3v) is 4.96. The molecule has 0 amide bonds. The number of aromatic nitrogens is 5. The third kappa shape index (κ3) is 2.57. The first-order valence-electron chi connectivity index (χ1n) is 8.62. The Labute approximate surface area is 149 Å². The van der Waals surface area contributed by atoms with Gasteiger partial charge in [0.15, 0.2) is 0 Å². The monoisotopic (exact) mass is 346 g/mol. The molecule has 3 N–H and O–H groups in total. The molecule has 1 aromatic carbocycles. The molecule has 3 aromatic heterocycles. The van der Waals surface area contributed by atoms with Crippen molar-refractivity contribution in [3.8, 4) is 11.1 Å². The van der Waals surface area contributed by atoms with E-state index >= 15 is 0 Å². The van der Waals surface area contributed by atoms with Crippen molar-refractivity contribution in [2.75, 3.05) is 5.32 Å². The highest BCUT2D eigenvalue weighted by atomic mass is 16.3. The van der Waals surface area contributed by atoms with Crippen molar-refractivity contribution in [3.05, 3.63) is 42.9 Å². The summed E-state index contributed by atoms with van der Waals surface area (Å²) in [5.74, 6) is 0.584. The van der Waals surface area contributed by atoms with Crippen LogP contribution in [0.2, 0.25) is 0 Å². The standard InChI is InChI=1S/C19H18N6O/c1-19(26)7-13(8-19)23-18-21-10-15-14(9-20-17(15)24-18)11-2-3-16-12(6-11)4-5-22-25-16/h2-6,9-10,13,26H,7-8H2,1H3,(H2,20,21,23,24)/t13-,19+. The average molecular weight is 346 g/mol. The van der Waals surface area contributed by atoms with Gasteiger partial charge in [-0.25, -0.2) is 4.98 Å². The van der Waals surface area contributed by atoms with Crippen LogP contribution in [-0.2, 0) is 0 Å². The molecule has 0 saturated heterocycles. The summed E-state index contributed by atoms with van der Waals surface area (Å²) < 4.78 is 0. The molecule has 4 aromatic rings. The summed E-state index contributed by atoms with van der Waals surface area (Å²) in [7, 11) is 0. The van der Waals surface area contributed by atoms with Gasteiger partial charge in [-0.3, -0.25) is 0 Å². The van der Waals surface area contributed by atoms with Crippen LogP contribution >= 0.6 is 0 Å². The number of H-pyrrole nitrogens is 1. The lowest BCUT2D eigenvalue weighted by Gasteiger charge is -2.41. The number of benzene rings is 1. The molecule has 7 nitrogen and oxygen atoms in total. The normalized spacial score (nSPS) is 22.5. The molecule has 1 aliphatic rings. The highest BCUT2D eigenvalue weighted by Crippen LogP contribution is 2.34. The summed E-state index contributed by atoms with van der Waals surface area (Å²) in [6.07, 6.45) is 6.91. The first kappa shape index (κ1) is 15.2. The molecular formula is C19H18N6O. The fourth-order valence-electron chi connectivity index (χ4n) is 3.66. The van der Waals surface area contributed by atoms with E-state index in [9.17, 15) is 5.11 Å². The van der Waals surface area contributed by atoms with Crippen LogP contribution in [0.25, 0.3) is 33.1 Å². The number of aromatic amines is 1. The van der Waals surface area contributed by atoms with Gasteiger partial charge in [0.25, 0.3) is 0 Å². The summed E-state index contributed by atoms with van der Waals surface area (Å²) in [4.78, 5) is 12.3. The van der Waals surface area contributed by atoms with E-state index in [1.165, 1.54) is 0 Å². The Hall–Kier alpha value is -3.06. The van der Waals surface area contributed by atoms with Gasteiger partial charge in [-0.2, -0.15) is 15.2 Å². The van der Waals surface area contributed by atoms with Crippen LogP contribution in [-0.4, -0.2) is 41.9 Å². The molecule has 0 radical (unpaired) electrons. The van der Waals surface area contributed by atoms with Gasteiger partial charge >= 0.3 is 0 Å². The second-order valence-corrected chi connectivity index (χ2v) is 7.21. The zero-order valence-corrected chi connectivity index (χ0v) is 14.3. The quantitative estimate of drug-likeness (QED) is 0.527. The minimum absolute atomic E-state index is 0.221. The Kier molecular flexibility index (Phi) is 3.20. The number of rotatable bonds is 3. The molecular weight excluding hydrogens is 328 g/mol. The SMILES string of the molecule is C[C@]1(O)C[C@@H](Nc2ncc3c(-c4ccc5nnccc5c4)c[nH]c3n2)C1. The van der Waals surface area contributed by atoms with E-state index in [0.29, 0.717) is 18.8 Å². The van der Waals surface area contributed by atoms with Gasteiger partial charge in [-0.1, -0.05) is 6.07 Å². The second-order valence-electron chi connectivity index (χ2n) is 7.21. The van der Waals surface area contributed by atoms with E-state index in [-0.39, 0.29) is 6.04 Å². The summed E-state index contributed by atoms with van der Waals surface area (Å²) >= 11 is 0. The van der Waals surface area contributed by atoms with E-state index in [1.807, 2.05) is 37.5 Å². The van der Waals surface area contributed by atoms with E-state index in [1.54, 1.807) is 6.20 Å². The van der Waals surface area contributed by atoms with Crippen molar-refractivity contribution >= 4 is 27.9 Å². The average Bonchev–Trinajstić information content (AvgIpc) is 3.03. The predicted octanol–water partition coefficient (Wildman–Crippen LogP) is 2.89. The fraction of sp³-hybridized carbons (Fsp3) is 0.263. The van der Waals surface area contributed by atoms with Gasteiger partial charge in [0, 0.05) is 34.8 Å². The molecule has 5 rings (SSSR count). The van der Waals surface area contributed by atoms with E-state index < -0.39 is 5.60 Å². The summed E-state index contributed by atoms with van der Waals surface area (Å²) in [6.45, 7) is 1.85. The molecule has 0 bridgehead atoms. The molecule has 7 heteroatoms. The van der Waals surface area contributed by atoms with E-state index in [4.69, 9.17) is 0 Å². The Morgan fingerprint density at radius 3 is 3.00 bits per heavy atom. The lowest BCUT2D eigenvalue weighted by molar-refractivity contribution is -0.0235. The van der Waals surface area contributed by atoms with Crippen LogP contribution in [0.15, 0.2) is 42.9 Å². The topological polar surface area (TPSA) is 99.6 Å². The molecule has 3 heterocycles. The molecule has 0 atom stereocenters. The molecule has 130 valence electrons. The summed E-state index contributed by atoms with van der Waals surface area (Å²) in [5, 5.41) is 23.2. The number of anilines is 1. The molecule has 0 aliphatic heterocycles. The van der Waals surface area contributed by atoms with Gasteiger partial charge in [0.05, 0.1) is 17.3 Å². The highest BCUT2D eigenvalue weighted by Gasteiger charge is 2.38. The minimum Gasteiger partial charge on any atom is -0.390 e. The predicted molar refractivity (Wildman–Crippen MR) is 99.7 cm³/mol. The van der Waals surface area contributed by atoms with Gasteiger partial charge in [-0.05, 0) is 43.5 Å². The van der Waals surface area contributed by atoms with Gasteiger partial charge in [0.1, 0.15) is 5.65 Å². The Bertz CT molecular complexity index is 1110. The summed E-state index contributed by atoms with van der Waals surface area (Å²) in [5.41, 5.74) is 3.22. The number of fused-ring (bicyclic) bond motifs is 2. The minimum atomic E-state index is -0.568. The maximum atomic E-state index is 9.84. The Morgan fingerprint density at radius 1 is 1.27 bits per heavy atom. The number of aliphatic hydroxyl groups is 1. The molecule has 1 aliphatic carbocycles. The van der Waals surface area contributed by atoms with Crippen molar-refractivity contribution in [2.24, 2.45) is 0 Å². The van der Waals surface area contributed by atoms with Crippen LogP contribution < -0.4 is 5.32 Å². The van der Waals surface area contributed by atoms with Crippen LogP contribution in [0.3, 0.4) is 0 Å². The smallest absolute Gasteiger partial charge is 0.224 e. The maximum Gasteiger partial charge on any atom is 0.224 e. The van der Waals surface area contributed by atoms with E-state index in [2.05, 4.69) is 36.5 Å².